The van der Waals surface area contributed by atoms with Gasteiger partial charge < -0.3 is 20.5 Å². The van der Waals surface area contributed by atoms with Crippen LogP contribution in [0, 0.1) is 0 Å². The number of pyridine rings is 1. The van der Waals surface area contributed by atoms with E-state index in [1.54, 1.807) is 13.2 Å². The Morgan fingerprint density at radius 3 is 2.63 bits per heavy atom. The summed E-state index contributed by atoms with van der Waals surface area (Å²) < 4.78 is 6.63. The number of aliphatic hydroxyl groups is 1. The minimum absolute atomic E-state index is 0. The van der Waals surface area contributed by atoms with Crippen LogP contribution in [0.4, 0.5) is 5.82 Å². The van der Waals surface area contributed by atoms with E-state index in [1.807, 2.05) is 30.3 Å². The first kappa shape index (κ1) is 22.0. The number of anilines is 1. The van der Waals surface area contributed by atoms with Crippen molar-refractivity contribution in [3.63, 3.8) is 0 Å². The van der Waals surface area contributed by atoms with E-state index < -0.39 is 5.60 Å². The fourth-order valence-corrected chi connectivity index (χ4v) is 3.55. The Labute approximate surface area is 180 Å². The van der Waals surface area contributed by atoms with Crippen LogP contribution in [0.5, 0.6) is 5.75 Å². The van der Waals surface area contributed by atoms with Gasteiger partial charge in [0, 0.05) is 6.54 Å². The molecule has 1 aliphatic rings. The van der Waals surface area contributed by atoms with Crippen LogP contribution in [0.25, 0.3) is 11.0 Å². The van der Waals surface area contributed by atoms with Crippen molar-refractivity contribution in [2.45, 2.75) is 31.5 Å². The Hall–Kier alpha value is -2.68. The number of halogens is 1. The van der Waals surface area contributed by atoms with E-state index in [9.17, 15) is 9.90 Å². The lowest BCUT2D eigenvalue weighted by molar-refractivity contribution is -0.00628. The van der Waals surface area contributed by atoms with Crippen molar-refractivity contribution in [1.29, 1.82) is 0 Å². The molecule has 8 nitrogen and oxygen atoms in total. The molecule has 4 rings (SSSR count). The van der Waals surface area contributed by atoms with Gasteiger partial charge in [-0.3, -0.25) is 9.36 Å². The highest BCUT2D eigenvalue weighted by Gasteiger charge is 2.30. The van der Waals surface area contributed by atoms with Gasteiger partial charge in [0.05, 0.1) is 31.1 Å². The molecule has 1 aliphatic heterocycles. The van der Waals surface area contributed by atoms with E-state index in [-0.39, 0.29) is 24.5 Å². The van der Waals surface area contributed by atoms with E-state index in [1.165, 1.54) is 10.9 Å². The molecule has 1 aromatic carbocycles. The minimum Gasteiger partial charge on any atom is -0.497 e. The first-order chi connectivity index (χ1) is 14.1. The fraction of sp³-hybridized carbons (Fsp3) is 0.381. The number of hydrogen-bond acceptors (Lipinski definition) is 7. The van der Waals surface area contributed by atoms with Crippen LogP contribution in [0.15, 0.2) is 47.5 Å². The molecule has 9 heteroatoms. The largest absolute Gasteiger partial charge is 0.497 e. The average Bonchev–Trinajstić information content (AvgIpc) is 2.75. The van der Waals surface area contributed by atoms with Gasteiger partial charge in [0.2, 0.25) is 0 Å². The molecule has 160 valence electrons. The quantitative estimate of drug-likeness (QED) is 0.548. The number of aromatic nitrogens is 3. The van der Waals surface area contributed by atoms with E-state index in [2.05, 4.69) is 20.6 Å². The summed E-state index contributed by atoms with van der Waals surface area (Å²) in [5, 5.41) is 17.2. The zero-order chi connectivity index (χ0) is 20.3. The van der Waals surface area contributed by atoms with Crippen LogP contribution in [0.1, 0.15) is 18.4 Å². The van der Waals surface area contributed by atoms with Gasteiger partial charge in [-0.05, 0) is 55.8 Å². The molecular formula is C21H26ClN5O3. The van der Waals surface area contributed by atoms with Crippen molar-refractivity contribution in [2.75, 3.05) is 25.5 Å². The third-order valence-electron chi connectivity index (χ3n) is 5.31. The molecule has 30 heavy (non-hydrogen) atoms. The van der Waals surface area contributed by atoms with Crippen LogP contribution in [0.3, 0.4) is 0 Å². The second-order valence-electron chi connectivity index (χ2n) is 7.42. The fourth-order valence-electron chi connectivity index (χ4n) is 3.55. The minimum atomic E-state index is -0.894. The third-order valence-corrected chi connectivity index (χ3v) is 5.31. The summed E-state index contributed by atoms with van der Waals surface area (Å²) in [5.74, 6) is 1.41. The van der Waals surface area contributed by atoms with Crippen molar-refractivity contribution < 1.29 is 9.84 Å². The Balaban J connectivity index is 0.00000256. The number of fused-ring (bicyclic) bond motifs is 1. The van der Waals surface area contributed by atoms with Gasteiger partial charge in [-0.1, -0.05) is 12.1 Å². The maximum Gasteiger partial charge on any atom is 0.280 e. The number of benzene rings is 1. The summed E-state index contributed by atoms with van der Waals surface area (Å²) in [6.07, 6.45) is 2.71. The van der Waals surface area contributed by atoms with Crippen molar-refractivity contribution in [3.05, 3.63) is 58.6 Å². The number of rotatable bonds is 6. The van der Waals surface area contributed by atoms with E-state index in [0.717, 1.165) is 24.4 Å². The molecule has 0 aliphatic carbocycles. The molecule has 3 aromatic rings. The first-order valence-electron chi connectivity index (χ1n) is 9.72. The van der Waals surface area contributed by atoms with Crippen LogP contribution in [0.2, 0.25) is 0 Å². The van der Waals surface area contributed by atoms with Gasteiger partial charge in [0.1, 0.15) is 11.6 Å². The van der Waals surface area contributed by atoms with Gasteiger partial charge in [-0.15, -0.1) is 12.4 Å². The number of piperidine rings is 1. The molecule has 0 saturated carbocycles. The zero-order valence-electron chi connectivity index (χ0n) is 16.8. The summed E-state index contributed by atoms with van der Waals surface area (Å²) in [6.45, 7) is 2.28. The second-order valence-corrected chi connectivity index (χ2v) is 7.42. The predicted octanol–water partition coefficient (Wildman–Crippen LogP) is 1.95. The molecule has 0 unspecified atom stereocenters. The lowest BCUT2D eigenvalue weighted by Crippen LogP contribution is -2.46. The Kier molecular flexibility index (Phi) is 6.91. The molecule has 1 fully saturated rings. The predicted molar refractivity (Wildman–Crippen MR) is 118 cm³/mol. The smallest absolute Gasteiger partial charge is 0.280 e. The van der Waals surface area contributed by atoms with Gasteiger partial charge in [0.25, 0.3) is 5.56 Å². The van der Waals surface area contributed by atoms with Crippen molar-refractivity contribution >= 4 is 29.3 Å². The summed E-state index contributed by atoms with van der Waals surface area (Å²) in [7, 11) is 1.64. The molecule has 0 bridgehead atoms. The Morgan fingerprint density at radius 2 is 1.93 bits per heavy atom. The molecule has 1 saturated heterocycles. The molecule has 0 amide bonds. The normalized spacial score (nSPS) is 15.4. The summed E-state index contributed by atoms with van der Waals surface area (Å²) >= 11 is 0. The van der Waals surface area contributed by atoms with Gasteiger partial charge in [-0.2, -0.15) is 0 Å². The first-order valence-corrected chi connectivity index (χ1v) is 9.72. The SMILES string of the molecule is COc1ccc(CNc2ccc3ncn(CC4(O)CCNCC4)c(=O)c3n2)cc1.Cl. The molecule has 3 N–H and O–H groups in total. The summed E-state index contributed by atoms with van der Waals surface area (Å²) in [5.41, 5.74) is 0.775. The van der Waals surface area contributed by atoms with Crippen LogP contribution in [-0.2, 0) is 13.1 Å². The highest BCUT2D eigenvalue weighted by Crippen LogP contribution is 2.20. The summed E-state index contributed by atoms with van der Waals surface area (Å²) in [6, 6.07) is 11.3. The second kappa shape index (κ2) is 9.42. The highest BCUT2D eigenvalue weighted by atomic mass is 35.5. The lowest BCUT2D eigenvalue weighted by atomic mass is 9.92. The number of nitrogens with one attached hydrogen (secondary N) is 2. The maximum atomic E-state index is 12.9. The van der Waals surface area contributed by atoms with Crippen molar-refractivity contribution in [3.8, 4) is 5.75 Å². The molecule has 2 aromatic heterocycles. The molecule has 0 atom stereocenters. The van der Waals surface area contributed by atoms with Crippen LogP contribution in [-0.4, -0.2) is 45.4 Å². The standard InChI is InChI=1S/C21H25N5O3.ClH/c1-29-16-4-2-15(3-5-16)12-23-18-7-6-17-19(25-18)20(27)26(14-24-17)13-21(28)8-10-22-11-9-21;/h2-7,14,22,28H,8-13H2,1H3,(H,23,25);1H. The number of hydrogen-bond donors (Lipinski definition) is 3. The third kappa shape index (κ3) is 4.89. The van der Waals surface area contributed by atoms with Crippen LogP contribution >= 0.6 is 12.4 Å². The van der Waals surface area contributed by atoms with Gasteiger partial charge in [0.15, 0.2) is 5.52 Å². The topological polar surface area (TPSA) is 101 Å². The lowest BCUT2D eigenvalue weighted by Gasteiger charge is -2.32. The maximum absolute atomic E-state index is 12.9. The molecular weight excluding hydrogens is 406 g/mol. The van der Waals surface area contributed by atoms with E-state index >= 15 is 0 Å². The molecule has 0 spiro atoms. The number of nitrogens with zero attached hydrogens (tertiary/aromatic N) is 3. The Morgan fingerprint density at radius 1 is 1.20 bits per heavy atom. The molecule has 3 heterocycles. The Bertz CT molecular complexity index is 1050. The van der Waals surface area contributed by atoms with Gasteiger partial charge >= 0.3 is 0 Å². The average molecular weight is 432 g/mol. The number of methoxy groups -OCH3 is 1. The highest BCUT2D eigenvalue weighted by molar-refractivity contribution is 5.85. The van der Waals surface area contributed by atoms with E-state index in [4.69, 9.17) is 4.74 Å². The van der Waals surface area contributed by atoms with Crippen molar-refractivity contribution in [1.82, 2.24) is 19.9 Å². The zero-order valence-corrected chi connectivity index (χ0v) is 17.6. The molecule has 0 radical (unpaired) electrons. The monoisotopic (exact) mass is 431 g/mol. The van der Waals surface area contributed by atoms with Crippen molar-refractivity contribution in [2.24, 2.45) is 0 Å². The van der Waals surface area contributed by atoms with Gasteiger partial charge in [-0.25, -0.2) is 9.97 Å². The van der Waals surface area contributed by atoms with Crippen LogP contribution < -0.4 is 20.9 Å². The number of ether oxygens (including phenoxy) is 1. The summed E-state index contributed by atoms with van der Waals surface area (Å²) in [4.78, 5) is 21.8. The van der Waals surface area contributed by atoms with E-state index in [0.29, 0.717) is 36.2 Å².